The lowest BCUT2D eigenvalue weighted by molar-refractivity contribution is -0.118. The van der Waals surface area contributed by atoms with E-state index in [2.05, 4.69) is 9.97 Å². The van der Waals surface area contributed by atoms with Gasteiger partial charge >= 0.3 is 0 Å². The van der Waals surface area contributed by atoms with Gasteiger partial charge in [0.25, 0.3) is 5.56 Å². The van der Waals surface area contributed by atoms with E-state index in [0.29, 0.717) is 25.2 Å². The van der Waals surface area contributed by atoms with Crippen LogP contribution in [0.25, 0.3) is 11.2 Å². The molecule has 0 unspecified atom stereocenters. The summed E-state index contributed by atoms with van der Waals surface area (Å²) >= 11 is 0. The molecule has 0 atom stereocenters. The van der Waals surface area contributed by atoms with E-state index < -0.39 is 0 Å². The summed E-state index contributed by atoms with van der Waals surface area (Å²) in [4.78, 5) is 42.4. The SMILES string of the molecule is CC(=O)CCn1cnc2c(ncn2CCC(C)=O)c1=O. The summed E-state index contributed by atoms with van der Waals surface area (Å²) in [6.07, 6.45) is 3.59. The summed E-state index contributed by atoms with van der Waals surface area (Å²) in [5, 5.41) is 0. The van der Waals surface area contributed by atoms with Crippen molar-refractivity contribution in [2.24, 2.45) is 0 Å². The number of carbonyl (C=O) groups excluding carboxylic acids is 2. The van der Waals surface area contributed by atoms with Gasteiger partial charge in [-0.15, -0.1) is 0 Å². The summed E-state index contributed by atoms with van der Waals surface area (Å²) in [7, 11) is 0. The molecular weight excluding hydrogens is 260 g/mol. The highest BCUT2D eigenvalue weighted by molar-refractivity contribution is 5.76. The summed E-state index contributed by atoms with van der Waals surface area (Å²) < 4.78 is 3.07. The number of aromatic nitrogens is 4. The van der Waals surface area contributed by atoms with Gasteiger partial charge in [0.1, 0.15) is 17.9 Å². The third kappa shape index (κ3) is 2.98. The third-order valence-electron chi connectivity index (χ3n) is 3.00. The zero-order valence-electron chi connectivity index (χ0n) is 11.5. The predicted octanol–water partition coefficient (Wildman–Crippen LogP) is 0.551. The number of rotatable bonds is 6. The van der Waals surface area contributed by atoms with E-state index in [9.17, 15) is 14.4 Å². The largest absolute Gasteiger partial charge is 0.315 e. The molecule has 2 aromatic heterocycles. The van der Waals surface area contributed by atoms with Crippen LogP contribution in [0.5, 0.6) is 0 Å². The first kappa shape index (κ1) is 14.1. The first-order chi connectivity index (χ1) is 9.49. The molecule has 20 heavy (non-hydrogen) atoms. The van der Waals surface area contributed by atoms with Gasteiger partial charge in [-0.25, -0.2) is 9.97 Å². The molecule has 0 aliphatic rings. The van der Waals surface area contributed by atoms with Crippen LogP contribution < -0.4 is 5.56 Å². The number of hydrogen-bond acceptors (Lipinski definition) is 5. The highest BCUT2D eigenvalue weighted by atomic mass is 16.1. The maximum absolute atomic E-state index is 12.2. The molecule has 7 heteroatoms. The molecule has 2 heterocycles. The van der Waals surface area contributed by atoms with Gasteiger partial charge in [0.05, 0.1) is 6.33 Å². The Morgan fingerprint density at radius 1 is 1.00 bits per heavy atom. The van der Waals surface area contributed by atoms with E-state index in [-0.39, 0.29) is 29.1 Å². The number of nitrogens with zero attached hydrogens (tertiary/aromatic N) is 4. The fraction of sp³-hybridized carbons (Fsp3) is 0.462. The van der Waals surface area contributed by atoms with Crippen molar-refractivity contribution < 1.29 is 9.59 Å². The second-order valence-electron chi connectivity index (χ2n) is 4.76. The van der Waals surface area contributed by atoms with Crippen LogP contribution in [0.3, 0.4) is 0 Å². The molecule has 0 saturated heterocycles. The Morgan fingerprint density at radius 3 is 2.15 bits per heavy atom. The minimum Gasteiger partial charge on any atom is -0.315 e. The average molecular weight is 276 g/mol. The van der Waals surface area contributed by atoms with Crippen LogP contribution in [0.2, 0.25) is 0 Å². The number of aryl methyl sites for hydroxylation is 2. The Morgan fingerprint density at radius 2 is 1.55 bits per heavy atom. The van der Waals surface area contributed by atoms with E-state index in [4.69, 9.17) is 0 Å². The van der Waals surface area contributed by atoms with Crippen molar-refractivity contribution in [1.29, 1.82) is 0 Å². The maximum atomic E-state index is 12.2. The normalized spacial score (nSPS) is 10.9. The van der Waals surface area contributed by atoms with E-state index >= 15 is 0 Å². The first-order valence-corrected chi connectivity index (χ1v) is 6.38. The van der Waals surface area contributed by atoms with Crippen molar-refractivity contribution >= 4 is 22.7 Å². The van der Waals surface area contributed by atoms with E-state index in [0.717, 1.165) is 0 Å². The molecule has 0 N–H and O–H groups in total. The van der Waals surface area contributed by atoms with Crippen molar-refractivity contribution in [3.8, 4) is 0 Å². The molecule has 2 aromatic rings. The Hall–Kier alpha value is -2.31. The average Bonchev–Trinajstić information content (AvgIpc) is 2.79. The van der Waals surface area contributed by atoms with E-state index in [1.54, 1.807) is 4.57 Å². The molecule has 0 amide bonds. The Kier molecular flexibility index (Phi) is 4.07. The van der Waals surface area contributed by atoms with Gasteiger partial charge in [-0.2, -0.15) is 0 Å². The standard InChI is InChI=1S/C13H16N4O3/c1-9(18)3-5-16-7-14-11-12(16)15-8-17(13(11)20)6-4-10(2)19/h7-8H,3-6H2,1-2H3. The Labute approximate surface area is 115 Å². The van der Waals surface area contributed by atoms with Crippen LogP contribution in [0.1, 0.15) is 26.7 Å². The smallest absolute Gasteiger partial charge is 0.281 e. The van der Waals surface area contributed by atoms with Crippen LogP contribution in [0.4, 0.5) is 0 Å². The van der Waals surface area contributed by atoms with Crippen LogP contribution in [0.15, 0.2) is 17.4 Å². The van der Waals surface area contributed by atoms with Gasteiger partial charge in [-0.3, -0.25) is 19.0 Å². The van der Waals surface area contributed by atoms with Crippen molar-refractivity contribution in [1.82, 2.24) is 19.1 Å². The number of Topliss-reactive ketones (excluding diaryl/α,β-unsaturated/α-hetero) is 2. The van der Waals surface area contributed by atoms with Crippen LogP contribution in [0, 0.1) is 0 Å². The van der Waals surface area contributed by atoms with Gasteiger partial charge in [-0.1, -0.05) is 0 Å². The molecule has 106 valence electrons. The highest BCUT2D eigenvalue weighted by Gasteiger charge is 2.10. The molecule has 0 saturated carbocycles. The topological polar surface area (TPSA) is 86.8 Å². The number of ketones is 2. The molecule has 0 aliphatic heterocycles. The number of carbonyl (C=O) groups is 2. The van der Waals surface area contributed by atoms with Crippen molar-refractivity contribution in [3.63, 3.8) is 0 Å². The number of imidazole rings is 1. The van der Waals surface area contributed by atoms with Crippen molar-refractivity contribution in [3.05, 3.63) is 23.0 Å². The molecule has 0 spiro atoms. The summed E-state index contributed by atoms with van der Waals surface area (Å²) in [6, 6.07) is 0. The monoisotopic (exact) mass is 276 g/mol. The molecule has 0 bridgehead atoms. The maximum Gasteiger partial charge on any atom is 0.281 e. The fourth-order valence-electron chi connectivity index (χ4n) is 1.85. The molecular formula is C13H16N4O3. The fourth-order valence-corrected chi connectivity index (χ4v) is 1.85. The predicted molar refractivity (Wildman–Crippen MR) is 72.4 cm³/mol. The molecule has 0 aliphatic carbocycles. The lowest BCUT2D eigenvalue weighted by atomic mass is 10.3. The molecule has 2 rings (SSSR count). The van der Waals surface area contributed by atoms with Crippen molar-refractivity contribution in [2.45, 2.75) is 39.8 Å². The van der Waals surface area contributed by atoms with E-state index in [1.165, 1.54) is 31.1 Å². The second kappa shape index (κ2) is 5.77. The molecule has 7 nitrogen and oxygen atoms in total. The third-order valence-corrected chi connectivity index (χ3v) is 3.00. The zero-order chi connectivity index (χ0) is 14.7. The zero-order valence-corrected chi connectivity index (χ0v) is 11.5. The lowest BCUT2D eigenvalue weighted by Crippen LogP contribution is -2.22. The summed E-state index contributed by atoms with van der Waals surface area (Å²) in [5.41, 5.74) is 0.466. The van der Waals surface area contributed by atoms with Gasteiger partial charge in [0.2, 0.25) is 0 Å². The number of fused-ring (bicyclic) bond motifs is 1. The van der Waals surface area contributed by atoms with Gasteiger partial charge in [0, 0.05) is 25.9 Å². The van der Waals surface area contributed by atoms with Gasteiger partial charge < -0.3 is 4.57 Å². The lowest BCUT2D eigenvalue weighted by Gasteiger charge is -2.04. The molecule has 0 aromatic carbocycles. The first-order valence-electron chi connectivity index (χ1n) is 6.38. The van der Waals surface area contributed by atoms with Crippen LogP contribution in [-0.4, -0.2) is 30.7 Å². The minimum atomic E-state index is -0.266. The van der Waals surface area contributed by atoms with Crippen LogP contribution >= 0.6 is 0 Å². The Balaban J connectivity index is 2.31. The minimum absolute atomic E-state index is 0.0176. The van der Waals surface area contributed by atoms with Gasteiger partial charge in [0.15, 0.2) is 11.2 Å². The van der Waals surface area contributed by atoms with Crippen LogP contribution in [-0.2, 0) is 22.7 Å². The van der Waals surface area contributed by atoms with E-state index in [1.807, 2.05) is 0 Å². The second-order valence-corrected chi connectivity index (χ2v) is 4.76. The quantitative estimate of drug-likeness (QED) is 0.769. The Bertz CT molecular complexity index is 714. The molecule has 0 fully saturated rings. The van der Waals surface area contributed by atoms with Crippen molar-refractivity contribution in [2.75, 3.05) is 0 Å². The highest BCUT2D eigenvalue weighted by Crippen LogP contribution is 2.06. The number of hydrogen-bond donors (Lipinski definition) is 0. The van der Waals surface area contributed by atoms with Gasteiger partial charge in [-0.05, 0) is 13.8 Å². The summed E-state index contributed by atoms with van der Waals surface area (Å²) in [5.74, 6) is 0.0886. The summed E-state index contributed by atoms with van der Waals surface area (Å²) in [6.45, 7) is 3.75. The molecule has 0 radical (unpaired) electrons.